The molecule has 21 heavy (non-hydrogen) atoms. The van der Waals surface area contributed by atoms with Crippen LogP contribution in [-0.2, 0) is 0 Å². The van der Waals surface area contributed by atoms with Crippen molar-refractivity contribution in [3.63, 3.8) is 0 Å². The van der Waals surface area contributed by atoms with Crippen LogP contribution in [0.5, 0.6) is 0 Å². The number of rotatable bonds is 2. The fraction of sp³-hybridized carbons (Fsp3) is 0. The van der Waals surface area contributed by atoms with E-state index in [4.69, 9.17) is 23.2 Å². The van der Waals surface area contributed by atoms with E-state index in [0.29, 0.717) is 26.7 Å². The van der Waals surface area contributed by atoms with Gasteiger partial charge in [-0.2, -0.15) is 10.1 Å². The number of nitrogens with zero attached hydrogens (tertiary/aromatic N) is 2. The Kier molecular flexibility index (Phi) is 3.49. The molecular weight excluding hydrogens is 311 g/mol. The van der Waals surface area contributed by atoms with Gasteiger partial charge in [-0.15, -0.1) is 0 Å². The molecule has 0 saturated carbocycles. The Hall–Kier alpha value is -2.17. The summed E-state index contributed by atoms with van der Waals surface area (Å²) in [6.45, 7) is 0. The number of carbonyl (C=O) groups excluding carboxylic acids is 2. The first-order chi connectivity index (χ1) is 10.1. The lowest BCUT2D eigenvalue weighted by Crippen LogP contribution is -2.24. The van der Waals surface area contributed by atoms with Crippen LogP contribution < -0.4 is 0 Å². The van der Waals surface area contributed by atoms with Crippen molar-refractivity contribution in [1.82, 2.24) is 5.01 Å². The summed E-state index contributed by atoms with van der Waals surface area (Å²) >= 11 is 11.8. The van der Waals surface area contributed by atoms with E-state index in [1.54, 1.807) is 42.5 Å². The topological polar surface area (TPSA) is 49.7 Å². The summed E-state index contributed by atoms with van der Waals surface area (Å²) in [5.41, 5.74) is 1.27. The average Bonchev–Trinajstić information content (AvgIpc) is 2.71. The molecule has 1 aliphatic heterocycles. The van der Waals surface area contributed by atoms with Crippen molar-refractivity contribution in [3.8, 4) is 0 Å². The predicted molar refractivity (Wildman–Crippen MR) is 81.0 cm³/mol. The predicted octanol–water partition coefficient (Wildman–Crippen LogP) is 3.62. The Balaban J connectivity index is 1.91. The summed E-state index contributed by atoms with van der Waals surface area (Å²) in [7, 11) is 0. The van der Waals surface area contributed by atoms with Crippen molar-refractivity contribution in [2.45, 2.75) is 0 Å². The molecule has 4 nitrogen and oxygen atoms in total. The second-order valence-corrected chi connectivity index (χ2v) is 5.22. The van der Waals surface area contributed by atoms with Gasteiger partial charge < -0.3 is 0 Å². The van der Waals surface area contributed by atoms with E-state index in [-0.39, 0.29) is 0 Å². The van der Waals surface area contributed by atoms with Crippen molar-refractivity contribution in [3.05, 3.63) is 69.2 Å². The number of halogens is 2. The molecular formula is C15H8Cl2N2O2. The molecule has 0 saturated heterocycles. The third kappa shape index (κ3) is 2.44. The highest BCUT2D eigenvalue weighted by Gasteiger charge is 2.35. The normalized spacial score (nSPS) is 14.1. The van der Waals surface area contributed by atoms with Crippen LogP contribution in [0.4, 0.5) is 0 Å². The molecule has 2 aromatic rings. The number of hydrogen-bond acceptors (Lipinski definition) is 3. The van der Waals surface area contributed by atoms with E-state index in [1.165, 1.54) is 6.21 Å². The zero-order valence-corrected chi connectivity index (χ0v) is 12.1. The summed E-state index contributed by atoms with van der Waals surface area (Å²) in [4.78, 5) is 24.2. The summed E-state index contributed by atoms with van der Waals surface area (Å²) < 4.78 is 0. The molecule has 1 heterocycles. The summed E-state index contributed by atoms with van der Waals surface area (Å²) in [5.74, 6) is -0.895. The van der Waals surface area contributed by atoms with E-state index < -0.39 is 11.8 Å². The molecule has 104 valence electrons. The van der Waals surface area contributed by atoms with Gasteiger partial charge in [0.25, 0.3) is 11.8 Å². The van der Waals surface area contributed by atoms with Crippen LogP contribution in [0.3, 0.4) is 0 Å². The Morgan fingerprint density at radius 1 is 0.952 bits per heavy atom. The molecule has 0 fully saturated rings. The van der Waals surface area contributed by atoms with Gasteiger partial charge in [-0.1, -0.05) is 41.4 Å². The molecule has 2 amide bonds. The highest BCUT2D eigenvalue weighted by molar-refractivity contribution is 6.36. The molecule has 1 aliphatic rings. The molecule has 0 unspecified atom stereocenters. The number of amides is 2. The number of benzene rings is 2. The molecule has 0 radical (unpaired) electrons. The number of hydrogen-bond donors (Lipinski definition) is 0. The molecule has 0 aromatic heterocycles. The molecule has 3 rings (SSSR count). The van der Waals surface area contributed by atoms with Gasteiger partial charge in [-0.05, 0) is 24.3 Å². The van der Waals surface area contributed by atoms with Crippen molar-refractivity contribution in [2.75, 3.05) is 0 Å². The van der Waals surface area contributed by atoms with Crippen molar-refractivity contribution < 1.29 is 9.59 Å². The van der Waals surface area contributed by atoms with E-state index in [0.717, 1.165) is 5.01 Å². The molecule has 2 aromatic carbocycles. The summed E-state index contributed by atoms with van der Waals surface area (Å²) in [6.07, 6.45) is 1.36. The number of fused-ring (bicyclic) bond motifs is 1. The Bertz CT molecular complexity index is 752. The maximum atomic E-state index is 12.1. The Morgan fingerprint density at radius 2 is 1.57 bits per heavy atom. The van der Waals surface area contributed by atoms with Gasteiger partial charge >= 0.3 is 0 Å². The van der Waals surface area contributed by atoms with E-state index in [1.807, 2.05) is 0 Å². The first-order valence-corrected chi connectivity index (χ1v) is 6.80. The van der Waals surface area contributed by atoms with E-state index in [2.05, 4.69) is 5.10 Å². The van der Waals surface area contributed by atoms with Gasteiger partial charge in [-0.25, -0.2) is 0 Å². The van der Waals surface area contributed by atoms with Gasteiger partial charge in [0.2, 0.25) is 0 Å². The van der Waals surface area contributed by atoms with E-state index in [9.17, 15) is 9.59 Å². The third-order valence-corrected chi connectivity index (χ3v) is 3.61. The SMILES string of the molecule is O=C1c2ccccc2C(=O)N1/N=C/c1ccc(Cl)cc1Cl. The Labute approximate surface area is 130 Å². The summed E-state index contributed by atoms with van der Waals surface area (Å²) in [6, 6.07) is 11.5. The zero-order valence-electron chi connectivity index (χ0n) is 10.6. The van der Waals surface area contributed by atoms with Crippen LogP contribution in [-0.4, -0.2) is 23.0 Å². The number of hydrazone groups is 1. The zero-order chi connectivity index (χ0) is 15.0. The molecule has 0 atom stereocenters. The Morgan fingerprint density at radius 3 is 2.14 bits per heavy atom. The summed E-state index contributed by atoms with van der Waals surface area (Å²) in [5, 5.41) is 5.66. The quantitative estimate of drug-likeness (QED) is 0.627. The maximum absolute atomic E-state index is 12.1. The number of imide groups is 1. The largest absolute Gasteiger partial charge is 0.282 e. The molecule has 0 aliphatic carbocycles. The fourth-order valence-corrected chi connectivity index (χ4v) is 2.46. The first-order valence-electron chi connectivity index (χ1n) is 6.05. The van der Waals surface area contributed by atoms with Crippen LogP contribution in [0.1, 0.15) is 26.3 Å². The molecule has 0 bridgehead atoms. The minimum absolute atomic E-state index is 0.349. The van der Waals surface area contributed by atoms with Crippen LogP contribution in [0.2, 0.25) is 10.0 Å². The minimum atomic E-state index is -0.447. The average molecular weight is 319 g/mol. The lowest BCUT2D eigenvalue weighted by atomic mass is 10.1. The highest BCUT2D eigenvalue weighted by atomic mass is 35.5. The first kappa shape index (κ1) is 13.8. The monoisotopic (exact) mass is 318 g/mol. The van der Waals surface area contributed by atoms with Gasteiger partial charge in [0, 0.05) is 10.6 Å². The lowest BCUT2D eigenvalue weighted by molar-refractivity contribution is 0.0660. The van der Waals surface area contributed by atoms with Crippen LogP contribution >= 0.6 is 23.2 Å². The van der Waals surface area contributed by atoms with Crippen molar-refractivity contribution >= 4 is 41.2 Å². The van der Waals surface area contributed by atoms with Gasteiger partial charge in [0.1, 0.15) is 0 Å². The maximum Gasteiger partial charge on any atom is 0.282 e. The van der Waals surface area contributed by atoms with E-state index >= 15 is 0 Å². The van der Waals surface area contributed by atoms with Crippen molar-refractivity contribution in [1.29, 1.82) is 0 Å². The molecule has 0 N–H and O–H groups in total. The third-order valence-electron chi connectivity index (χ3n) is 3.05. The van der Waals surface area contributed by atoms with Crippen LogP contribution in [0, 0.1) is 0 Å². The second-order valence-electron chi connectivity index (χ2n) is 4.38. The molecule has 0 spiro atoms. The van der Waals surface area contributed by atoms with Crippen molar-refractivity contribution in [2.24, 2.45) is 5.10 Å². The smallest absolute Gasteiger partial charge is 0.267 e. The standard InChI is InChI=1S/C15H8Cl2N2O2/c16-10-6-5-9(13(17)7-10)8-18-19-14(20)11-3-1-2-4-12(11)15(19)21/h1-8H/b18-8+. The lowest BCUT2D eigenvalue weighted by Gasteiger charge is -2.06. The van der Waals surface area contributed by atoms with Gasteiger partial charge in [0.15, 0.2) is 0 Å². The van der Waals surface area contributed by atoms with Crippen LogP contribution in [0.15, 0.2) is 47.6 Å². The fourth-order valence-electron chi connectivity index (χ4n) is 2.01. The van der Waals surface area contributed by atoms with Gasteiger partial charge in [-0.3, -0.25) is 9.59 Å². The minimum Gasteiger partial charge on any atom is -0.267 e. The van der Waals surface area contributed by atoms with Gasteiger partial charge in [0.05, 0.1) is 22.4 Å². The highest BCUT2D eigenvalue weighted by Crippen LogP contribution is 2.23. The molecule has 6 heteroatoms. The van der Waals surface area contributed by atoms with Crippen LogP contribution in [0.25, 0.3) is 0 Å². The number of carbonyl (C=O) groups is 2. The second kappa shape index (κ2) is 5.31.